The number of benzene rings is 2. The molecule has 12 heteroatoms. The number of nitrogens with zero attached hydrogens (tertiary/aromatic N) is 5. The normalized spacial score (nSPS) is 18.1. The Morgan fingerprint density at radius 3 is 2.46 bits per heavy atom. The highest BCUT2D eigenvalue weighted by Crippen LogP contribution is 2.35. The number of morpholine rings is 1. The van der Waals surface area contributed by atoms with Crippen LogP contribution in [0, 0.1) is 13.8 Å². The van der Waals surface area contributed by atoms with Crippen molar-refractivity contribution in [2.45, 2.75) is 58.3 Å². The van der Waals surface area contributed by atoms with Gasteiger partial charge >= 0.3 is 0 Å². The summed E-state index contributed by atoms with van der Waals surface area (Å²) in [4.78, 5) is 20.5. The number of carbonyl (C=O) groups is 1. The molecule has 0 aliphatic carbocycles. The lowest BCUT2D eigenvalue weighted by Crippen LogP contribution is -2.48. The van der Waals surface area contributed by atoms with Crippen molar-refractivity contribution in [1.82, 2.24) is 19.1 Å². The zero-order chi connectivity index (χ0) is 29.3. The van der Waals surface area contributed by atoms with Crippen LogP contribution in [0.15, 0.2) is 53.4 Å². The molecule has 2 atom stereocenters. The summed E-state index contributed by atoms with van der Waals surface area (Å²) in [5.41, 5.74) is 2.97. The highest BCUT2D eigenvalue weighted by Gasteiger charge is 2.32. The van der Waals surface area contributed by atoms with Crippen LogP contribution in [0.3, 0.4) is 0 Å². The number of para-hydroxylation sites is 1. The van der Waals surface area contributed by atoms with Gasteiger partial charge in [0.15, 0.2) is 5.13 Å². The van der Waals surface area contributed by atoms with E-state index < -0.39 is 10.0 Å². The molecule has 1 amide bonds. The predicted molar refractivity (Wildman–Crippen MR) is 159 cm³/mol. The first-order valence-electron chi connectivity index (χ1n) is 13.7. The van der Waals surface area contributed by atoms with Crippen LogP contribution in [0.5, 0.6) is 5.75 Å². The highest BCUT2D eigenvalue weighted by molar-refractivity contribution is 7.89. The maximum atomic E-state index is 13.9. The van der Waals surface area contributed by atoms with Crippen LogP contribution in [0.25, 0.3) is 10.2 Å². The summed E-state index contributed by atoms with van der Waals surface area (Å²) in [6, 6.07) is 13.9. The summed E-state index contributed by atoms with van der Waals surface area (Å²) in [5.74, 6) is 0.390. The summed E-state index contributed by atoms with van der Waals surface area (Å²) >= 11 is 1.41. The molecule has 1 fully saturated rings. The van der Waals surface area contributed by atoms with Crippen LogP contribution >= 0.6 is 11.3 Å². The van der Waals surface area contributed by atoms with Gasteiger partial charge in [0, 0.05) is 30.9 Å². The Morgan fingerprint density at radius 2 is 1.83 bits per heavy atom. The van der Waals surface area contributed by atoms with Crippen LogP contribution < -0.4 is 9.64 Å². The number of hydrogen-bond donors (Lipinski definition) is 0. The molecule has 41 heavy (non-hydrogen) atoms. The SMILES string of the molecule is CCOc1cccc2sc(N(CCn3nc(C)cc3C)C(=O)c3ccc(S(=O)(=O)N4CC(C)OC(C)C4)cc3)nc12. The number of rotatable bonds is 9. The highest BCUT2D eigenvalue weighted by atomic mass is 32.2. The first kappa shape index (κ1) is 29.2. The summed E-state index contributed by atoms with van der Waals surface area (Å²) < 4.78 is 42.4. The second-order valence-electron chi connectivity index (χ2n) is 10.2. The monoisotopic (exact) mass is 597 g/mol. The minimum atomic E-state index is -3.73. The predicted octanol–water partition coefficient (Wildman–Crippen LogP) is 4.65. The molecular weight excluding hydrogens is 562 g/mol. The fraction of sp³-hybridized carbons (Fsp3) is 0.414. The van der Waals surface area contributed by atoms with E-state index in [1.54, 1.807) is 17.0 Å². The van der Waals surface area contributed by atoms with Gasteiger partial charge in [-0.2, -0.15) is 9.40 Å². The largest absolute Gasteiger partial charge is 0.492 e. The van der Waals surface area contributed by atoms with Crippen LogP contribution in [0.2, 0.25) is 0 Å². The Bertz CT molecular complexity index is 1640. The number of thiazole rings is 1. The Hall–Kier alpha value is -3.32. The number of aryl methyl sites for hydroxylation is 2. The first-order valence-corrected chi connectivity index (χ1v) is 15.9. The van der Waals surface area contributed by atoms with E-state index in [1.165, 1.54) is 27.8 Å². The minimum Gasteiger partial charge on any atom is -0.492 e. The van der Waals surface area contributed by atoms with Gasteiger partial charge in [0.05, 0.1) is 40.6 Å². The standard InChI is InChI=1S/C29H35N5O5S2/c1-6-38-25-8-7-9-26-27(25)30-29(40-26)33(14-15-34-20(3)16-19(2)31-34)28(35)23-10-12-24(13-11-23)41(36,37)32-17-21(4)39-22(5)18-32/h7-13,16,21-22H,6,14-15,17-18H2,1-5H3. The topological polar surface area (TPSA) is 107 Å². The van der Waals surface area contributed by atoms with Gasteiger partial charge < -0.3 is 9.47 Å². The Labute approximate surface area is 244 Å². The maximum absolute atomic E-state index is 13.9. The minimum absolute atomic E-state index is 0.144. The van der Waals surface area contributed by atoms with E-state index in [9.17, 15) is 13.2 Å². The van der Waals surface area contributed by atoms with Gasteiger partial charge in [0.25, 0.3) is 5.91 Å². The van der Waals surface area contributed by atoms with Gasteiger partial charge in [0.1, 0.15) is 11.3 Å². The van der Waals surface area contributed by atoms with Crippen molar-refractivity contribution < 1.29 is 22.7 Å². The number of anilines is 1. The number of carbonyl (C=O) groups excluding carboxylic acids is 1. The van der Waals surface area contributed by atoms with Gasteiger partial charge in [0.2, 0.25) is 10.0 Å². The van der Waals surface area contributed by atoms with Crippen molar-refractivity contribution in [3.63, 3.8) is 0 Å². The van der Waals surface area contributed by atoms with Gasteiger partial charge in [-0.25, -0.2) is 13.4 Å². The molecule has 5 rings (SSSR count). The van der Waals surface area contributed by atoms with Crippen molar-refractivity contribution in [3.05, 3.63) is 65.5 Å². The number of hydrogen-bond acceptors (Lipinski definition) is 8. The van der Waals surface area contributed by atoms with Crippen molar-refractivity contribution >= 4 is 42.6 Å². The third kappa shape index (κ3) is 6.15. The molecular formula is C29H35N5O5S2. The number of fused-ring (bicyclic) bond motifs is 1. The third-order valence-electron chi connectivity index (χ3n) is 6.91. The lowest BCUT2D eigenvalue weighted by Gasteiger charge is -2.34. The molecule has 10 nitrogen and oxygen atoms in total. The molecule has 218 valence electrons. The quantitative estimate of drug-likeness (QED) is 0.276. The summed E-state index contributed by atoms with van der Waals surface area (Å²) in [6.07, 6.45) is -0.385. The lowest BCUT2D eigenvalue weighted by molar-refractivity contribution is -0.0440. The number of sulfonamides is 1. The van der Waals surface area contributed by atoms with E-state index in [-0.39, 0.29) is 36.1 Å². The van der Waals surface area contributed by atoms with Gasteiger partial charge in [-0.15, -0.1) is 0 Å². The van der Waals surface area contributed by atoms with Crippen molar-refractivity contribution in [3.8, 4) is 5.75 Å². The molecule has 4 aromatic rings. The molecule has 1 aliphatic heterocycles. The third-order valence-corrected chi connectivity index (χ3v) is 9.80. The van der Waals surface area contributed by atoms with E-state index in [4.69, 9.17) is 14.5 Å². The molecule has 1 saturated heterocycles. The van der Waals surface area contributed by atoms with Crippen molar-refractivity contribution in [2.24, 2.45) is 0 Å². The summed E-state index contributed by atoms with van der Waals surface area (Å²) in [6.45, 7) is 11.4. The average Bonchev–Trinajstić information content (AvgIpc) is 3.51. The smallest absolute Gasteiger partial charge is 0.260 e. The molecule has 0 N–H and O–H groups in total. The Morgan fingerprint density at radius 1 is 1.12 bits per heavy atom. The zero-order valence-corrected chi connectivity index (χ0v) is 25.5. The molecule has 2 unspecified atom stereocenters. The summed E-state index contributed by atoms with van der Waals surface area (Å²) in [5, 5.41) is 5.08. The molecule has 0 saturated carbocycles. The zero-order valence-electron chi connectivity index (χ0n) is 23.9. The van der Waals surface area contributed by atoms with E-state index >= 15 is 0 Å². The van der Waals surface area contributed by atoms with Crippen LogP contribution in [0.4, 0.5) is 5.13 Å². The van der Waals surface area contributed by atoms with Crippen molar-refractivity contribution in [2.75, 3.05) is 31.1 Å². The maximum Gasteiger partial charge on any atom is 0.260 e. The van der Waals surface area contributed by atoms with E-state index in [1.807, 2.05) is 63.6 Å². The van der Waals surface area contributed by atoms with Gasteiger partial charge in [-0.1, -0.05) is 17.4 Å². The number of amides is 1. The number of ether oxygens (including phenoxy) is 2. The molecule has 3 heterocycles. The molecule has 0 spiro atoms. The van der Waals surface area contributed by atoms with Gasteiger partial charge in [-0.3, -0.25) is 14.4 Å². The Balaban J connectivity index is 1.45. The van der Waals surface area contributed by atoms with Crippen LogP contribution in [-0.2, 0) is 21.3 Å². The lowest BCUT2D eigenvalue weighted by atomic mass is 10.2. The molecule has 1 aliphatic rings. The van der Waals surface area contributed by atoms with Gasteiger partial charge in [-0.05, 0) is 77.1 Å². The fourth-order valence-electron chi connectivity index (χ4n) is 5.08. The fourth-order valence-corrected chi connectivity index (χ4v) is 7.68. The van der Waals surface area contributed by atoms with E-state index in [0.29, 0.717) is 41.7 Å². The van der Waals surface area contributed by atoms with Crippen LogP contribution in [-0.4, -0.2) is 71.8 Å². The molecule has 0 bridgehead atoms. The molecule has 2 aromatic heterocycles. The molecule has 0 radical (unpaired) electrons. The first-order chi connectivity index (χ1) is 19.6. The van der Waals surface area contributed by atoms with Crippen LogP contribution in [0.1, 0.15) is 42.5 Å². The average molecular weight is 598 g/mol. The Kier molecular flexibility index (Phi) is 8.46. The molecule has 2 aromatic carbocycles. The number of aromatic nitrogens is 3. The van der Waals surface area contributed by atoms with E-state index in [2.05, 4.69) is 5.10 Å². The summed E-state index contributed by atoms with van der Waals surface area (Å²) in [7, 11) is -3.73. The second kappa shape index (κ2) is 11.9. The van der Waals surface area contributed by atoms with Crippen molar-refractivity contribution in [1.29, 1.82) is 0 Å². The van der Waals surface area contributed by atoms with E-state index in [0.717, 1.165) is 16.1 Å². The second-order valence-corrected chi connectivity index (χ2v) is 13.2.